The molecule has 0 bridgehead atoms. The van der Waals surface area contributed by atoms with Crippen LogP contribution in [0, 0.1) is 5.92 Å². The lowest BCUT2D eigenvalue weighted by Crippen LogP contribution is -2.47. The van der Waals surface area contributed by atoms with E-state index in [-0.39, 0.29) is 5.92 Å². The summed E-state index contributed by atoms with van der Waals surface area (Å²) >= 11 is 0. The Morgan fingerprint density at radius 1 is 1.22 bits per heavy atom. The third-order valence-electron chi connectivity index (χ3n) is 5.17. The molecule has 1 aliphatic carbocycles. The van der Waals surface area contributed by atoms with Gasteiger partial charge in [0.1, 0.15) is 18.3 Å². The fraction of sp³-hybridized carbons (Fsp3) is 0.778. The predicted molar refractivity (Wildman–Crippen MR) is 91.6 cm³/mol. The van der Waals surface area contributed by atoms with Crippen molar-refractivity contribution < 1.29 is 4.39 Å². The third kappa shape index (κ3) is 3.65. The number of halogens is 1. The molecular formula is C18H29FN4. The summed E-state index contributed by atoms with van der Waals surface area (Å²) in [6, 6.07) is 0. The fourth-order valence-corrected chi connectivity index (χ4v) is 3.82. The van der Waals surface area contributed by atoms with Crippen LogP contribution in [-0.2, 0) is 0 Å². The first kappa shape index (κ1) is 16.6. The SMILES string of the molecule is CC(C)CCCN1CCN(c2ncnc3c2[C@H](C)C[C@@H]3F)CC1. The van der Waals surface area contributed by atoms with Crippen LogP contribution in [0.15, 0.2) is 6.33 Å². The average molecular weight is 320 g/mol. The van der Waals surface area contributed by atoms with E-state index in [2.05, 4.69) is 40.5 Å². The van der Waals surface area contributed by atoms with Crippen LogP contribution in [0.3, 0.4) is 0 Å². The molecule has 0 amide bonds. The molecule has 2 atom stereocenters. The molecule has 1 aromatic rings. The predicted octanol–water partition coefficient (Wildman–Crippen LogP) is 3.55. The lowest BCUT2D eigenvalue weighted by Gasteiger charge is -2.36. The van der Waals surface area contributed by atoms with Gasteiger partial charge in [0.15, 0.2) is 0 Å². The average Bonchev–Trinajstić information content (AvgIpc) is 2.83. The maximum Gasteiger partial charge on any atom is 0.143 e. The molecule has 1 fully saturated rings. The minimum atomic E-state index is -0.918. The number of rotatable bonds is 5. The number of nitrogens with zero attached hydrogens (tertiary/aromatic N) is 4. The van der Waals surface area contributed by atoms with E-state index in [1.165, 1.54) is 25.7 Å². The van der Waals surface area contributed by atoms with Gasteiger partial charge in [-0.25, -0.2) is 14.4 Å². The highest BCUT2D eigenvalue weighted by molar-refractivity contribution is 5.53. The first-order chi connectivity index (χ1) is 11.1. The zero-order valence-electron chi connectivity index (χ0n) is 14.6. The second-order valence-corrected chi connectivity index (χ2v) is 7.47. The Balaban J connectivity index is 1.61. The standard InChI is InChI=1S/C18H29FN4/c1-13(2)5-4-6-22-7-9-23(10-8-22)18-16-14(3)11-15(19)17(16)20-12-21-18/h12-15H,4-11H2,1-3H3/t14-,15+/m1/s1. The Bertz CT molecular complexity index is 526. The van der Waals surface area contributed by atoms with E-state index in [1.807, 2.05) is 0 Å². The molecule has 4 nitrogen and oxygen atoms in total. The van der Waals surface area contributed by atoms with Crippen molar-refractivity contribution >= 4 is 5.82 Å². The van der Waals surface area contributed by atoms with Gasteiger partial charge in [-0.1, -0.05) is 20.8 Å². The molecule has 23 heavy (non-hydrogen) atoms. The molecule has 1 aliphatic heterocycles. The summed E-state index contributed by atoms with van der Waals surface area (Å²) in [5, 5.41) is 0. The fourth-order valence-electron chi connectivity index (χ4n) is 3.82. The van der Waals surface area contributed by atoms with Crippen LogP contribution < -0.4 is 4.90 Å². The van der Waals surface area contributed by atoms with Gasteiger partial charge in [-0.05, 0) is 37.6 Å². The van der Waals surface area contributed by atoms with Gasteiger partial charge in [0.2, 0.25) is 0 Å². The van der Waals surface area contributed by atoms with Crippen molar-refractivity contribution in [3.63, 3.8) is 0 Å². The molecule has 0 radical (unpaired) electrons. The number of alkyl halides is 1. The number of piperazine rings is 1. The Kier molecular flexibility index (Phi) is 5.14. The van der Waals surface area contributed by atoms with Crippen LogP contribution in [0.5, 0.6) is 0 Å². The lowest BCUT2D eigenvalue weighted by molar-refractivity contribution is 0.248. The first-order valence-electron chi connectivity index (χ1n) is 9.02. The van der Waals surface area contributed by atoms with Crippen molar-refractivity contribution in [1.29, 1.82) is 0 Å². The molecule has 2 aliphatic rings. The molecule has 1 aromatic heterocycles. The summed E-state index contributed by atoms with van der Waals surface area (Å²) in [7, 11) is 0. The maximum atomic E-state index is 14.1. The van der Waals surface area contributed by atoms with E-state index >= 15 is 0 Å². The van der Waals surface area contributed by atoms with Gasteiger partial charge >= 0.3 is 0 Å². The highest BCUT2D eigenvalue weighted by Crippen LogP contribution is 2.44. The minimum absolute atomic E-state index is 0.222. The van der Waals surface area contributed by atoms with Gasteiger partial charge in [-0.2, -0.15) is 0 Å². The molecule has 0 aromatic carbocycles. The van der Waals surface area contributed by atoms with Crippen LogP contribution in [0.1, 0.15) is 63.4 Å². The van der Waals surface area contributed by atoms with E-state index in [9.17, 15) is 4.39 Å². The molecular weight excluding hydrogens is 291 g/mol. The topological polar surface area (TPSA) is 32.3 Å². The van der Waals surface area contributed by atoms with Crippen LogP contribution in [0.25, 0.3) is 0 Å². The summed E-state index contributed by atoms with van der Waals surface area (Å²) in [6.45, 7) is 12.0. The van der Waals surface area contributed by atoms with Crippen molar-refractivity contribution in [2.45, 2.75) is 52.1 Å². The van der Waals surface area contributed by atoms with Gasteiger partial charge in [-0.15, -0.1) is 0 Å². The first-order valence-corrected chi connectivity index (χ1v) is 9.02. The van der Waals surface area contributed by atoms with Gasteiger partial charge in [0.05, 0.1) is 5.69 Å². The molecule has 0 N–H and O–H groups in total. The molecule has 0 spiro atoms. The summed E-state index contributed by atoms with van der Waals surface area (Å²) < 4.78 is 14.1. The van der Waals surface area contributed by atoms with E-state index < -0.39 is 6.17 Å². The lowest BCUT2D eigenvalue weighted by atomic mass is 10.1. The van der Waals surface area contributed by atoms with Crippen LogP contribution >= 0.6 is 0 Å². The maximum absolute atomic E-state index is 14.1. The van der Waals surface area contributed by atoms with Crippen molar-refractivity contribution in [3.05, 3.63) is 17.6 Å². The number of hydrogen-bond donors (Lipinski definition) is 0. The Hall–Kier alpha value is -1.23. The largest absolute Gasteiger partial charge is 0.354 e. The van der Waals surface area contributed by atoms with E-state index in [0.717, 1.165) is 43.5 Å². The normalized spacial score (nSPS) is 25.2. The molecule has 5 heteroatoms. The monoisotopic (exact) mass is 320 g/mol. The Morgan fingerprint density at radius 3 is 2.65 bits per heavy atom. The van der Waals surface area contributed by atoms with E-state index in [4.69, 9.17) is 0 Å². The zero-order chi connectivity index (χ0) is 16.4. The second-order valence-electron chi connectivity index (χ2n) is 7.47. The molecule has 2 heterocycles. The summed E-state index contributed by atoms with van der Waals surface area (Å²) in [5.74, 6) is 1.99. The molecule has 1 saturated heterocycles. The smallest absolute Gasteiger partial charge is 0.143 e. The summed E-state index contributed by atoms with van der Waals surface area (Å²) in [4.78, 5) is 13.6. The summed E-state index contributed by atoms with van der Waals surface area (Å²) in [6.07, 6.45) is 3.75. The Labute approximate surface area is 139 Å². The third-order valence-corrected chi connectivity index (χ3v) is 5.17. The van der Waals surface area contributed by atoms with E-state index in [0.29, 0.717) is 12.1 Å². The van der Waals surface area contributed by atoms with Crippen molar-refractivity contribution in [2.75, 3.05) is 37.6 Å². The summed E-state index contributed by atoms with van der Waals surface area (Å²) in [5.41, 5.74) is 1.68. The van der Waals surface area contributed by atoms with Crippen LogP contribution in [0.4, 0.5) is 10.2 Å². The number of aromatic nitrogens is 2. The Morgan fingerprint density at radius 2 is 1.96 bits per heavy atom. The highest BCUT2D eigenvalue weighted by atomic mass is 19.1. The quantitative estimate of drug-likeness (QED) is 0.830. The van der Waals surface area contributed by atoms with Gasteiger partial charge in [-0.3, -0.25) is 4.90 Å². The zero-order valence-corrected chi connectivity index (χ0v) is 14.6. The molecule has 128 valence electrons. The van der Waals surface area contributed by atoms with Gasteiger partial charge in [0, 0.05) is 31.7 Å². The van der Waals surface area contributed by atoms with Crippen molar-refractivity contribution in [1.82, 2.24) is 14.9 Å². The second kappa shape index (κ2) is 7.12. The van der Waals surface area contributed by atoms with Crippen LogP contribution in [0.2, 0.25) is 0 Å². The highest BCUT2D eigenvalue weighted by Gasteiger charge is 2.34. The van der Waals surface area contributed by atoms with Gasteiger partial charge in [0.25, 0.3) is 0 Å². The van der Waals surface area contributed by atoms with Crippen LogP contribution in [-0.4, -0.2) is 47.6 Å². The molecule has 0 unspecified atom stereocenters. The van der Waals surface area contributed by atoms with Crippen molar-refractivity contribution in [3.8, 4) is 0 Å². The minimum Gasteiger partial charge on any atom is -0.354 e. The number of anilines is 1. The molecule has 3 rings (SSSR count). The van der Waals surface area contributed by atoms with Gasteiger partial charge < -0.3 is 4.90 Å². The van der Waals surface area contributed by atoms with E-state index in [1.54, 1.807) is 0 Å². The van der Waals surface area contributed by atoms with Crippen molar-refractivity contribution in [2.24, 2.45) is 5.92 Å². The number of fused-ring (bicyclic) bond motifs is 1. The number of hydrogen-bond acceptors (Lipinski definition) is 4. The molecule has 0 saturated carbocycles.